The van der Waals surface area contributed by atoms with Crippen LogP contribution in [0, 0.1) is 13.8 Å². The molecule has 0 unspecified atom stereocenters. The lowest BCUT2D eigenvalue weighted by atomic mass is 9.93. The van der Waals surface area contributed by atoms with Crippen LogP contribution >= 0.6 is 0 Å². The van der Waals surface area contributed by atoms with Crippen LogP contribution in [-0.4, -0.2) is 9.78 Å². The van der Waals surface area contributed by atoms with Gasteiger partial charge in [0.2, 0.25) is 0 Å². The zero-order valence-corrected chi connectivity index (χ0v) is 11.7. The highest BCUT2D eigenvalue weighted by Gasteiger charge is 2.18. The minimum atomic E-state index is -0.0534. The van der Waals surface area contributed by atoms with Crippen LogP contribution in [0.25, 0.3) is 5.69 Å². The molecule has 18 heavy (non-hydrogen) atoms. The molecule has 96 valence electrons. The molecule has 0 radical (unpaired) electrons. The molecule has 0 spiro atoms. The molecule has 0 aliphatic carbocycles. The lowest BCUT2D eigenvalue weighted by Gasteiger charge is -2.16. The highest BCUT2D eigenvalue weighted by Crippen LogP contribution is 2.20. The van der Waals surface area contributed by atoms with E-state index >= 15 is 0 Å². The van der Waals surface area contributed by atoms with E-state index in [1.165, 1.54) is 0 Å². The van der Waals surface area contributed by atoms with Gasteiger partial charge in [0.15, 0.2) is 0 Å². The van der Waals surface area contributed by atoms with E-state index in [9.17, 15) is 4.79 Å². The summed E-state index contributed by atoms with van der Waals surface area (Å²) in [7, 11) is 0. The number of H-pyrrole nitrogens is 1. The lowest BCUT2D eigenvalue weighted by Crippen LogP contribution is -2.15. The molecule has 1 aromatic carbocycles. The Morgan fingerprint density at radius 1 is 1.11 bits per heavy atom. The standard InChI is InChI=1S/C15H20N2O/c1-10-6-7-11(2)12(8-10)17-14(18)9-13(16-17)15(3,4)5/h6-9,16H,1-5H3. The number of aromatic nitrogens is 2. The van der Waals surface area contributed by atoms with E-state index in [-0.39, 0.29) is 11.0 Å². The van der Waals surface area contributed by atoms with Gasteiger partial charge in [0.25, 0.3) is 5.56 Å². The monoisotopic (exact) mass is 244 g/mol. The summed E-state index contributed by atoms with van der Waals surface area (Å²) in [5.74, 6) is 0. The number of nitrogens with zero attached hydrogens (tertiary/aromatic N) is 1. The molecule has 0 saturated carbocycles. The molecule has 0 aliphatic rings. The van der Waals surface area contributed by atoms with Crippen LogP contribution in [-0.2, 0) is 5.41 Å². The zero-order valence-electron chi connectivity index (χ0n) is 11.7. The lowest BCUT2D eigenvalue weighted by molar-refractivity contribution is 0.560. The van der Waals surface area contributed by atoms with Gasteiger partial charge in [0.05, 0.1) is 5.69 Å². The van der Waals surface area contributed by atoms with Crippen LogP contribution in [0.15, 0.2) is 29.1 Å². The Balaban J connectivity index is 2.62. The number of aromatic amines is 1. The first-order chi connectivity index (χ1) is 8.29. The SMILES string of the molecule is Cc1ccc(C)c(-n2[nH]c(C(C)(C)C)cc2=O)c1. The second kappa shape index (κ2) is 4.16. The number of hydrogen-bond acceptors (Lipinski definition) is 1. The highest BCUT2D eigenvalue weighted by molar-refractivity contribution is 5.42. The van der Waals surface area contributed by atoms with Crippen LogP contribution < -0.4 is 5.56 Å². The summed E-state index contributed by atoms with van der Waals surface area (Å²) >= 11 is 0. The van der Waals surface area contributed by atoms with Crippen molar-refractivity contribution >= 4 is 0 Å². The van der Waals surface area contributed by atoms with Gasteiger partial charge in [-0.25, -0.2) is 4.68 Å². The maximum atomic E-state index is 12.1. The average Bonchev–Trinajstić information content (AvgIpc) is 2.64. The van der Waals surface area contributed by atoms with Crippen molar-refractivity contribution in [2.45, 2.75) is 40.0 Å². The van der Waals surface area contributed by atoms with Crippen molar-refractivity contribution in [2.24, 2.45) is 0 Å². The number of nitrogens with one attached hydrogen (secondary N) is 1. The Hall–Kier alpha value is -1.77. The third kappa shape index (κ3) is 2.26. The Labute approximate surface area is 107 Å². The van der Waals surface area contributed by atoms with Crippen molar-refractivity contribution < 1.29 is 0 Å². The van der Waals surface area contributed by atoms with Crippen molar-refractivity contribution in [1.82, 2.24) is 9.78 Å². The molecule has 1 N–H and O–H groups in total. The maximum Gasteiger partial charge on any atom is 0.271 e. The molecule has 0 fully saturated rings. The van der Waals surface area contributed by atoms with Gasteiger partial charge in [-0.3, -0.25) is 9.89 Å². The molecule has 3 heteroatoms. The van der Waals surface area contributed by atoms with Crippen molar-refractivity contribution in [3.05, 3.63) is 51.4 Å². The summed E-state index contributed by atoms with van der Waals surface area (Å²) in [6.45, 7) is 10.3. The smallest absolute Gasteiger partial charge is 0.271 e. The van der Waals surface area contributed by atoms with E-state index in [0.29, 0.717) is 0 Å². The molecular formula is C15H20N2O. The number of hydrogen-bond donors (Lipinski definition) is 1. The first kappa shape index (κ1) is 12.7. The number of aryl methyl sites for hydroxylation is 2. The maximum absolute atomic E-state index is 12.1. The van der Waals surface area contributed by atoms with Gasteiger partial charge in [-0.05, 0) is 31.0 Å². The predicted octanol–water partition coefficient (Wildman–Crippen LogP) is 3.08. The summed E-state index contributed by atoms with van der Waals surface area (Å²) in [6, 6.07) is 7.80. The third-order valence-corrected chi connectivity index (χ3v) is 3.13. The second-order valence-electron chi connectivity index (χ2n) is 5.88. The molecule has 2 aromatic rings. The zero-order chi connectivity index (χ0) is 13.5. The van der Waals surface area contributed by atoms with Crippen molar-refractivity contribution in [1.29, 1.82) is 0 Å². The van der Waals surface area contributed by atoms with Crippen molar-refractivity contribution in [3.8, 4) is 5.69 Å². The summed E-state index contributed by atoms with van der Waals surface area (Å²) < 4.78 is 1.63. The van der Waals surface area contributed by atoms with Crippen molar-refractivity contribution in [2.75, 3.05) is 0 Å². The summed E-state index contributed by atoms with van der Waals surface area (Å²) in [5, 5.41) is 3.21. The quantitative estimate of drug-likeness (QED) is 0.822. The van der Waals surface area contributed by atoms with E-state index in [0.717, 1.165) is 22.5 Å². The van der Waals surface area contributed by atoms with Crippen LogP contribution in [0.4, 0.5) is 0 Å². The van der Waals surface area contributed by atoms with Crippen LogP contribution in [0.2, 0.25) is 0 Å². The third-order valence-electron chi connectivity index (χ3n) is 3.13. The van der Waals surface area contributed by atoms with E-state index in [4.69, 9.17) is 0 Å². The summed E-state index contributed by atoms with van der Waals surface area (Å²) in [6.07, 6.45) is 0. The minimum absolute atomic E-state index is 0.00590. The van der Waals surface area contributed by atoms with Gasteiger partial charge in [-0.1, -0.05) is 32.9 Å². The van der Waals surface area contributed by atoms with Crippen molar-refractivity contribution in [3.63, 3.8) is 0 Å². The fourth-order valence-electron chi connectivity index (χ4n) is 1.92. The fourth-order valence-corrected chi connectivity index (χ4v) is 1.92. The second-order valence-corrected chi connectivity index (χ2v) is 5.88. The van der Waals surface area contributed by atoms with Gasteiger partial charge >= 0.3 is 0 Å². The normalized spacial score (nSPS) is 11.8. The first-order valence-corrected chi connectivity index (χ1v) is 6.19. The van der Waals surface area contributed by atoms with E-state index < -0.39 is 0 Å². The molecule has 0 amide bonds. The Morgan fingerprint density at radius 3 is 2.33 bits per heavy atom. The highest BCUT2D eigenvalue weighted by atomic mass is 16.1. The molecular weight excluding hydrogens is 224 g/mol. The summed E-state index contributed by atoms with van der Waals surface area (Å²) in [5.41, 5.74) is 4.05. The fraction of sp³-hybridized carbons (Fsp3) is 0.400. The largest absolute Gasteiger partial charge is 0.294 e. The summed E-state index contributed by atoms with van der Waals surface area (Å²) in [4.78, 5) is 12.1. The number of benzene rings is 1. The Kier molecular flexibility index (Phi) is 2.93. The average molecular weight is 244 g/mol. The number of rotatable bonds is 1. The van der Waals surface area contributed by atoms with Crippen LogP contribution in [0.3, 0.4) is 0 Å². The van der Waals surface area contributed by atoms with E-state index in [2.05, 4.69) is 31.9 Å². The van der Waals surface area contributed by atoms with Crippen LogP contribution in [0.5, 0.6) is 0 Å². The van der Waals surface area contributed by atoms with Gasteiger partial charge in [-0.15, -0.1) is 0 Å². The van der Waals surface area contributed by atoms with Crippen LogP contribution in [0.1, 0.15) is 37.6 Å². The first-order valence-electron chi connectivity index (χ1n) is 6.19. The molecule has 3 nitrogen and oxygen atoms in total. The van der Waals surface area contributed by atoms with Gasteiger partial charge in [0.1, 0.15) is 0 Å². The molecule has 0 bridgehead atoms. The van der Waals surface area contributed by atoms with Gasteiger partial charge in [0, 0.05) is 17.2 Å². The molecule has 0 aliphatic heterocycles. The molecule has 0 atom stereocenters. The molecule has 1 aromatic heterocycles. The molecule has 1 heterocycles. The predicted molar refractivity (Wildman–Crippen MR) is 74.6 cm³/mol. The van der Waals surface area contributed by atoms with E-state index in [1.807, 2.05) is 26.0 Å². The Morgan fingerprint density at radius 2 is 1.78 bits per heavy atom. The molecule has 0 saturated heterocycles. The molecule has 2 rings (SSSR count). The van der Waals surface area contributed by atoms with Gasteiger partial charge < -0.3 is 0 Å². The van der Waals surface area contributed by atoms with E-state index in [1.54, 1.807) is 10.7 Å². The topological polar surface area (TPSA) is 37.8 Å². The minimum Gasteiger partial charge on any atom is -0.294 e. The van der Waals surface area contributed by atoms with Gasteiger partial charge in [-0.2, -0.15) is 0 Å². The Bertz CT molecular complexity index is 627.